The van der Waals surface area contributed by atoms with Gasteiger partial charge in [0.1, 0.15) is 10.6 Å². The van der Waals surface area contributed by atoms with Gasteiger partial charge in [-0.15, -0.1) is 11.3 Å². The van der Waals surface area contributed by atoms with Gasteiger partial charge in [-0.3, -0.25) is 0 Å². The van der Waals surface area contributed by atoms with E-state index in [2.05, 4.69) is 15.9 Å². The average Bonchev–Trinajstić information content (AvgIpc) is 2.79. The third-order valence-corrected chi connectivity index (χ3v) is 4.93. The number of rotatable bonds is 2. The molecular formula is C15H8BrClO2S. The summed E-state index contributed by atoms with van der Waals surface area (Å²) in [6.07, 6.45) is 0. The summed E-state index contributed by atoms with van der Waals surface area (Å²) in [7, 11) is 0. The molecule has 20 heavy (non-hydrogen) atoms. The van der Waals surface area contributed by atoms with Crippen LogP contribution in [0.1, 0.15) is 9.67 Å². The molecule has 1 heterocycles. The van der Waals surface area contributed by atoms with E-state index in [4.69, 9.17) is 16.3 Å². The van der Waals surface area contributed by atoms with E-state index >= 15 is 0 Å². The van der Waals surface area contributed by atoms with Crippen molar-refractivity contribution >= 4 is 54.9 Å². The number of benzene rings is 2. The molecule has 0 unspecified atom stereocenters. The number of ether oxygens (including phenoxy) is 1. The number of carbonyl (C=O) groups excluding carboxylic acids is 1. The first-order chi connectivity index (χ1) is 9.65. The van der Waals surface area contributed by atoms with Gasteiger partial charge < -0.3 is 4.74 Å². The Morgan fingerprint density at radius 2 is 1.80 bits per heavy atom. The molecule has 0 amide bonds. The molecule has 0 aliphatic heterocycles. The van der Waals surface area contributed by atoms with Gasteiger partial charge in [-0.2, -0.15) is 0 Å². The molecular weight excluding hydrogens is 360 g/mol. The Morgan fingerprint density at radius 1 is 1.10 bits per heavy atom. The van der Waals surface area contributed by atoms with Crippen molar-refractivity contribution in [1.29, 1.82) is 0 Å². The molecule has 0 aliphatic carbocycles. The molecule has 2 nitrogen and oxygen atoms in total. The van der Waals surface area contributed by atoms with Crippen LogP contribution in [0.3, 0.4) is 0 Å². The predicted molar refractivity (Wildman–Crippen MR) is 85.9 cm³/mol. The highest BCUT2D eigenvalue weighted by Gasteiger charge is 2.18. The minimum absolute atomic E-state index is 0.427. The Bertz CT molecular complexity index is 780. The molecule has 0 atom stereocenters. The van der Waals surface area contributed by atoms with Gasteiger partial charge >= 0.3 is 5.97 Å². The number of hydrogen-bond acceptors (Lipinski definition) is 3. The summed E-state index contributed by atoms with van der Waals surface area (Å²) in [6, 6.07) is 14.7. The topological polar surface area (TPSA) is 26.3 Å². The molecule has 2 aromatic carbocycles. The first kappa shape index (κ1) is 13.6. The fourth-order valence-electron chi connectivity index (χ4n) is 1.80. The minimum atomic E-state index is -0.432. The van der Waals surface area contributed by atoms with E-state index in [1.807, 2.05) is 36.4 Å². The van der Waals surface area contributed by atoms with Gasteiger partial charge in [0.05, 0.1) is 5.02 Å². The van der Waals surface area contributed by atoms with Crippen LogP contribution in [0, 0.1) is 0 Å². The minimum Gasteiger partial charge on any atom is -0.422 e. The monoisotopic (exact) mass is 366 g/mol. The molecule has 100 valence electrons. The van der Waals surface area contributed by atoms with Crippen LogP contribution in [-0.2, 0) is 0 Å². The highest BCUT2D eigenvalue weighted by atomic mass is 79.9. The standard InChI is InChI=1S/C15H8BrClO2S/c16-9-5-7-10(8-6-9)19-15(18)14-13(17)11-3-1-2-4-12(11)20-14/h1-8H. The normalized spacial score (nSPS) is 10.7. The molecule has 0 spiro atoms. The highest BCUT2D eigenvalue weighted by Crippen LogP contribution is 2.35. The number of halogens is 2. The van der Waals surface area contributed by atoms with Crippen LogP contribution in [-0.4, -0.2) is 5.97 Å². The van der Waals surface area contributed by atoms with Gasteiger partial charge in [0.25, 0.3) is 0 Å². The number of thiophene rings is 1. The summed E-state index contributed by atoms with van der Waals surface area (Å²) in [5.74, 6) is 0.0604. The third-order valence-electron chi connectivity index (χ3n) is 2.74. The van der Waals surface area contributed by atoms with Gasteiger partial charge in [-0.1, -0.05) is 45.7 Å². The molecule has 0 radical (unpaired) electrons. The lowest BCUT2D eigenvalue weighted by Crippen LogP contribution is -2.06. The summed E-state index contributed by atoms with van der Waals surface area (Å²) in [4.78, 5) is 12.6. The fourth-order valence-corrected chi connectivity index (χ4v) is 3.45. The summed E-state index contributed by atoms with van der Waals surface area (Å²) < 4.78 is 7.23. The third kappa shape index (κ3) is 2.59. The lowest BCUT2D eigenvalue weighted by atomic mass is 10.2. The quantitative estimate of drug-likeness (QED) is 0.439. The molecule has 3 rings (SSSR count). The number of esters is 1. The van der Waals surface area contributed by atoms with Crippen molar-refractivity contribution in [3.05, 3.63) is 62.9 Å². The van der Waals surface area contributed by atoms with Crippen molar-refractivity contribution in [2.75, 3.05) is 0 Å². The van der Waals surface area contributed by atoms with Gasteiger partial charge in [0.15, 0.2) is 0 Å². The maximum Gasteiger partial charge on any atom is 0.355 e. The maximum absolute atomic E-state index is 12.2. The second-order valence-electron chi connectivity index (χ2n) is 4.08. The van der Waals surface area contributed by atoms with Crippen molar-refractivity contribution in [3.8, 4) is 5.75 Å². The molecule has 0 aliphatic rings. The Balaban J connectivity index is 1.92. The zero-order chi connectivity index (χ0) is 14.1. The van der Waals surface area contributed by atoms with Crippen molar-refractivity contribution in [1.82, 2.24) is 0 Å². The summed E-state index contributed by atoms with van der Waals surface area (Å²) in [5.41, 5.74) is 0. The molecule has 0 N–H and O–H groups in total. The Hall–Kier alpha value is -1.36. The summed E-state index contributed by atoms with van der Waals surface area (Å²) in [6.45, 7) is 0. The van der Waals surface area contributed by atoms with E-state index in [9.17, 15) is 4.79 Å². The lowest BCUT2D eigenvalue weighted by molar-refractivity contribution is 0.0740. The zero-order valence-electron chi connectivity index (χ0n) is 10.1. The average molecular weight is 368 g/mol. The van der Waals surface area contributed by atoms with Crippen LogP contribution in [0.4, 0.5) is 0 Å². The molecule has 0 fully saturated rings. The summed E-state index contributed by atoms with van der Waals surface area (Å²) >= 11 is 10.9. The van der Waals surface area contributed by atoms with Crippen LogP contribution in [0.2, 0.25) is 5.02 Å². The van der Waals surface area contributed by atoms with Crippen molar-refractivity contribution in [2.24, 2.45) is 0 Å². The van der Waals surface area contributed by atoms with Gasteiger partial charge in [0, 0.05) is 14.6 Å². The number of hydrogen-bond donors (Lipinski definition) is 0. The van der Waals surface area contributed by atoms with Crippen LogP contribution in [0.5, 0.6) is 5.75 Å². The van der Waals surface area contributed by atoms with Crippen LogP contribution < -0.4 is 4.74 Å². The van der Waals surface area contributed by atoms with Gasteiger partial charge in [0.2, 0.25) is 0 Å². The molecule has 0 saturated heterocycles. The predicted octanol–water partition coefficient (Wildman–Crippen LogP) is 5.54. The van der Waals surface area contributed by atoms with Gasteiger partial charge in [-0.25, -0.2) is 4.79 Å². The van der Waals surface area contributed by atoms with E-state index in [-0.39, 0.29) is 0 Å². The fraction of sp³-hybridized carbons (Fsp3) is 0. The SMILES string of the molecule is O=C(Oc1ccc(Br)cc1)c1sc2ccccc2c1Cl. The van der Waals surface area contributed by atoms with E-state index < -0.39 is 5.97 Å². The van der Waals surface area contributed by atoms with Gasteiger partial charge in [-0.05, 0) is 30.3 Å². The smallest absolute Gasteiger partial charge is 0.355 e. The maximum atomic E-state index is 12.2. The van der Waals surface area contributed by atoms with Crippen molar-refractivity contribution in [2.45, 2.75) is 0 Å². The molecule has 1 aromatic heterocycles. The van der Waals surface area contributed by atoms with Crippen LogP contribution in [0.15, 0.2) is 53.0 Å². The number of fused-ring (bicyclic) bond motifs is 1. The van der Waals surface area contributed by atoms with Crippen LogP contribution >= 0.6 is 38.9 Å². The second-order valence-corrected chi connectivity index (χ2v) is 6.43. The van der Waals surface area contributed by atoms with Crippen LogP contribution in [0.25, 0.3) is 10.1 Å². The first-order valence-corrected chi connectivity index (χ1v) is 7.78. The molecule has 3 aromatic rings. The van der Waals surface area contributed by atoms with E-state index in [1.54, 1.807) is 12.1 Å². The van der Waals surface area contributed by atoms with Crippen molar-refractivity contribution < 1.29 is 9.53 Å². The zero-order valence-corrected chi connectivity index (χ0v) is 13.3. The lowest BCUT2D eigenvalue weighted by Gasteiger charge is -2.02. The largest absolute Gasteiger partial charge is 0.422 e. The molecule has 0 bridgehead atoms. The molecule has 0 saturated carbocycles. The summed E-state index contributed by atoms with van der Waals surface area (Å²) in [5, 5.41) is 1.33. The van der Waals surface area contributed by atoms with E-state index in [0.29, 0.717) is 15.6 Å². The van der Waals surface area contributed by atoms with E-state index in [0.717, 1.165) is 14.6 Å². The van der Waals surface area contributed by atoms with Crippen molar-refractivity contribution in [3.63, 3.8) is 0 Å². The Labute approximate surface area is 133 Å². The Kier molecular flexibility index (Phi) is 3.78. The van der Waals surface area contributed by atoms with E-state index in [1.165, 1.54) is 11.3 Å². The first-order valence-electron chi connectivity index (χ1n) is 5.80. The second kappa shape index (κ2) is 5.56. The Morgan fingerprint density at radius 3 is 2.50 bits per heavy atom. The number of carbonyl (C=O) groups is 1. The highest BCUT2D eigenvalue weighted by molar-refractivity contribution is 9.10. The molecule has 5 heteroatoms.